The number of hydrogen-bond donors (Lipinski definition) is 1. The summed E-state index contributed by atoms with van der Waals surface area (Å²) in [6, 6.07) is 10.1. The number of halogens is 2. The van der Waals surface area contributed by atoms with Gasteiger partial charge in [0, 0.05) is 29.2 Å². The van der Waals surface area contributed by atoms with Crippen molar-refractivity contribution in [3.05, 3.63) is 63.1 Å². The molecular weight excluding hydrogens is 399 g/mol. The Hall–Kier alpha value is -2.24. The van der Waals surface area contributed by atoms with Gasteiger partial charge < -0.3 is 15.0 Å². The van der Waals surface area contributed by atoms with Gasteiger partial charge >= 0.3 is 0 Å². The molecule has 2 rings (SSSR count). The van der Waals surface area contributed by atoms with E-state index in [9.17, 15) is 9.59 Å². The quantitative estimate of drug-likeness (QED) is 0.728. The fraction of sp³-hybridized carbons (Fsp3) is 0.333. The summed E-state index contributed by atoms with van der Waals surface area (Å²) in [6.07, 6.45) is 0. The van der Waals surface area contributed by atoms with Gasteiger partial charge in [0.2, 0.25) is 5.91 Å². The molecule has 28 heavy (non-hydrogen) atoms. The van der Waals surface area contributed by atoms with Crippen LogP contribution in [0, 0.1) is 13.8 Å². The van der Waals surface area contributed by atoms with Crippen molar-refractivity contribution in [1.82, 2.24) is 10.2 Å². The Labute approximate surface area is 175 Å². The first-order valence-electron chi connectivity index (χ1n) is 8.88. The Kier molecular flexibility index (Phi) is 7.72. The molecule has 150 valence electrons. The van der Waals surface area contributed by atoms with Gasteiger partial charge in [-0.15, -0.1) is 0 Å². The average Bonchev–Trinajstić information content (AvgIpc) is 2.65. The zero-order chi connectivity index (χ0) is 20.8. The van der Waals surface area contributed by atoms with E-state index in [1.165, 1.54) is 11.9 Å². The Morgan fingerprint density at radius 3 is 2.36 bits per heavy atom. The summed E-state index contributed by atoms with van der Waals surface area (Å²) in [5.41, 5.74) is 2.63. The minimum Gasteiger partial charge on any atom is -0.483 e. The fourth-order valence-electron chi connectivity index (χ4n) is 2.83. The second-order valence-corrected chi connectivity index (χ2v) is 7.38. The molecule has 0 spiro atoms. The maximum absolute atomic E-state index is 12.9. The highest BCUT2D eigenvalue weighted by Crippen LogP contribution is 2.27. The number of likely N-dealkylation sites (N-methyl/N-ethyl adjacent to an activating group) is 1. The predicted molar refractivity (Wildman–Crippen MR) is 112 cm³/mol. The van der Waals surface area contributed by atoms with Crippen LogP contribution in [0.15, 0.2) is 36.4 Å². The van der Waals surface area contributed by atoms with E-state index in [4.69, 9.17) is 27.9 Å². The molecule has 0 saturated heterocycles. The van der Waals surface area contributed by atoms with Crippen LogP contribution in [0.4, 0.5) is 0 Å². The summed E-state index contributed by atoms with van der Waals surface area (Å²) in [5.74, 6) is -0.00243. The van der Waals surface area contributed by atoms with Gasteiger partial charge in [0.1, 0.15) is 11.8 Å². The van der Waals surface area contributed by atoms with Gasteiger partial charge in [-0.2, -0.15) is 0 Å². The molecule has 1 unspecified atom stereocenters. The maximum atomic E-state index is 12.9. The summed E-state index contributed by atoms with van der Waals surface area (Å²) in [5, 5.41) is 3.43. The number of benzene rings is 2. The van der Waals surface area contributed by atoms with Crippen LogP contribution in [0.2, 0.25) is 10.0 Å². The van der Waals surface area contributed by atoms with E-state index < -0.39 is 6.04 Å². The number of rotatable bonds is 7. The van der Waals surface area contributed by atoms with Crippen LogP contribution in [-0.2, 0) is 16.1 Å². The third kappa shape index (κ3) is 5.40. The molecule has 0 heterocycles. The van der Waals surface area contributed by atoms with Crippen molar-refractivity contribution in [1.29, 1.82) is 0 Å². The summed E-state index contributed by atoms with van der Waals surface area (Å²) in [4.78, 5) is 26.5. The highest BCUT2D eigenvalue weighted by Gasteiger charge is 2.27. The lowest BCUT2D eigenvalue weighted by Gasteiger charge is -2.29. The van der Waals surface area contributed by atoms with E-state index in [-0.39, 0.29) is 25.0 Å². The van der Waals surface area contributed by atoms with Crippen LogP contribution < -0.4 is 10.1 Å². The average molecular weight is 423 g/mol. The second-order valence-electron chi connectivity index (χ2n) is 6.57. The topological polar surface area (TPSA) is 58.6 Å². The van der Waals surface area contributed by atoms with E-state index in [0.717, 1.165) is 11.1 Å². The molecule has 0 aliphatic heterocycles. The number of nitrogens with one attached hydrogen (secondary N) is 1. The van der Waals surface area contributed by atoms with Crippen molar-refractivity contribution in [2.45, 2.75) is 33.4 Å². The van der Waals surface area contributed by atoms with E-state index in [0.29, 0.717) is 21.4 Å². The number of aryl methyl sites for hydroxylation is 2. The van der Waals surface area contributed by atoms with Crippen molar-refractivity contribution in [2.75, 3.05) is 13.7 Å². The highest BCUT2D eigenvalue weighted by atomic mass is 35.5. The number of hydrogen-bond acceptors (Lipinski definition) is 3. The molecule has 0 bridgehead atoms. The first-order chi connectivity index (χ1) is 13.2. The maximum Gasteiger partial charge on any atom is 0.261 e. The molecule has 0 saturated carbocycles. The third-order valence-electron chi connectivity index (χ3n) is 4.49. The summed E-state index contributed by atoms with van der Waals surface area (Å²) < 4.78 is 5.71. The number of ether oxygens (including phenoxy) is 1. The van der Waals surface area contributed by atoms with Gasteiger partial charge in [-0.1, -0.05) is 47.0 Å². The third-order valence-corrected chi connectivity index (χ3v) is 5.19. The molecule has 0 radical (unpaired) electrons. The van der Waals surface area contributed by atoms with Crippen LogP contribution in [0.5, 0.6) is 5.75 Å². The van der Waals surface area contributed by atoms with Crippen LogP contribution in [0.25, 0.3) is 0 Å². The lowest BCUT2D eigenvalue weighted by atomic mass is 10.1. The molecule has 5 nitrogen and oxygen atoms in total. The minimum atomic E-state index is -0.715. The number of nitrogens with zero attached hydrogens (tertiary/aromatic N) is 1. The number of amides is 2. The summed E-state index contributed by atoms with van der Waals surface area (Å²) in [6.45, 7) is 5.46. The van der Waals surface area contributed by atoms with Crippen molar-refractivity contribution < 1.29 is 14.3 Å². The van der Waals surface area contributed by atoms with Crippen LogP contribution in [0.1, 0.15) is 23.6 Å². The smallest absolute Gasteiger partial charge is 0.261 e. The van der Waals surface area contributed by atoms with Crippen molar-refractivity contribution in [3.8, 4) is 5.75 Å². The summed E-state index contributed by atoms with van der Waals surface area (Å²) >= 11 is 12.5. The molecule has 1 N–H and O–H groups in total. The van der Waals surface area contributed by atoms with Crippen LogP contribution in [0.3, 0.4) is 0 Å². The Morgan fingerprint density at radius 1 is 1.14 bits per heavy atom. The minimum absolute atomic E-state index is 0.0994. The standard InChI is InChI=1S/C21H24Cl2N2O3/c1-13-8-9-19(14(2)10-13)28-12-20(26)25(15(3)21(27)24-4)11-16-17(22)6-5-7-18(16)23/h5-10,15H,11-12H2,1-4H3,(H,24,27). The molecule has 0 aliphatic carbocycles. The van der Waals surface area contributed by atoms with E-state index in [2.05, 4.69) is 5.32 Å². The van der Waals surface area contributed by atoms with Gasteiger partial charge in [0.05, 0.1) is 0 Å². The lowest BCUT2D eigenvalue weighted by molar-refractivity contribution is -0.142. The molecule has 7 heteroatoms. The molecule has 0 aromatic heterocycles. The summed E-state index contributed by atoms with van der Waals surface area (Å²) in [7, 11) is 1.52. The predicted octanol–water partition coefficient (Wildman–Crippen LogP) is 4.15. The SMILES string of the molecule is CNC(=O)C(C)N(Cc1c(Cl)cccc1Cl)C(=O)COc1ccc(C)cc1C. The van der Waals surface area contributed by atoms with Gasteiger partial charge in [0.15, 0.2) is 6.61 Å². The van der Waals surface area contributed by atoms with Crippen molar-refractivity contribution >= 4 is 35.0 Å². The molecule has 1 atom stereocenters. The van der Waals surface area contributed by atoms with Gasteiger partial charge in [-0.3, -0.25) is 9.59 Å². The van der Waals surface area contributed by atoms with Gasteiger partial charge in [-0.25, -0.2) is 0 Å². The Balaban J connectivity index is 2.22. The largest absolute Gasteiger partial charge is 0.483 e. The zero-order valence-corrected chi connectivity index (χ0v) is 17.9. The molecule has 0 fully saturated rings. The molecule has 0 aliphatic rings. The fourth-order valence-corrected chi connectivity index (χ4v) is 3.35. The van der Waals surface area contributed by atoms with Gasteiger partial charge in [-0.05, 0) is 44.5 Å². The van der Waals surface area contributed by atoms with Crippen LogP contribution >= 0.6 is 23.2 Å². The molecule has 2 aromatic carbocycles. The van der Waals surface area contributed by atoms with Crippen molar-refractivity contribution in [2.24, 2.45) is 0 Å². The number of carbonyl (C=O) groups is 2. The first-order valence-corrected chi connectivity index (χ1v) is 9.64. The normalized spacial score (nSPS) is 11.6. The molecular formula is C21H24Cl2N2O3. The molecule has 2 amide bonds. The lowest BCUT2D eigenvalue weighted by Crippen LogP contribution is -2.48. The molecule has 2 aromatic rings. The Morgan fingerprint density at radius 2 is 1.79 bits per heavy atom. The van der Waals surface area contributed by atoms with E-state index >= 15 is 0 Å². The zero-order valence-electron chi connectivity index (χ0n) is 16.4. The first kappa shape index (κ1) is 22.1. The van der Waals surface area contributed by atoms with Crippen molar-refractivity contribution in [3.63, 3.8) is 0 Å². The number of carbonyl (C=O) groups excluding carboxylic acids is 2. The Bertz CT molecular complexity index is 850. The van der Waals surface area contributed by atoms with Crippen LogP contribution in [-0.4, -0.2) is 36.4 Å². The van der Waals surface area contributed by atoms with Gasteiger partial charge in [0.25, 0.3) is 5.91 Å². The second kappa shape index (κ2) is 9.80. The highest BCUT2D eigenvalue weighted by molar-refractivity contribution is 6.36. The monoisotopic (exact) mass is 422 g/mol. The van der Waals surface area contributed by atoms with E-state index in [1.807, 2.05) is 32.0 Å². The van der Waals surface area contributed by atoms with E-state index in [1.54, 1.807) is 25.1 Å².